The third kappa shape index (κ3) is 3.66. The van der Waals surface area contributed by atoms with Gasteiger partial charge < -0.3 is 10.6 Å². The van der Waals surface area contributed by atoms with Gasteiger partial charge in [-0.3, -0.25) is 4.98 Å². The smallest absolute Gasteiger partial charge is 0.146 e. The Labute approximate surface area is 127 Å². The van der Waals surface area contributed by atoms with Gasteiger partial charge in [-0.15, -0.1) is 0 Å². The summed E-state index contributed by atoms with van der Waals surface area (Å²) in [6, 6.07) is 2.00. The van der Waals surface area contributed by atoms with Gasteiger partial charge in [0.15, 0.2) is 0 Å². The molecule has 106 valence electrons. The second-order valence-electron chi connectivity index (χ2n) is 4.47. The number of aryl methyl sites for hydroxylation is 1. The molecule has 0 atom stereocenters. The Morgan fingerprint density at radius 2 is 1.95 bits per heavy atom. The summed E-state index contributed by atoms with van der Waals surface area (Å²) < 4.78 is 0.856. The highest BCUT2D eigenvalue weighted by atomic mass is 79.9. The van der Waals surface area contributed by atoms with Gasteiger partial charge in [0.1, 0.15) is 22.4 Å². The van der Waals surface area contributed by atoms with E-state index >= 15 is 0 Å². The van der Waals surface area contributed by atoms with Crippen LogP contribution in [0.2, 0.25) is 0 Å². The van der Waals surface area contributed by atoms with Crippen molar-refractivity contribution in [2.75, 3.05) is 17.2 Å². The largest absolute Gasteiger partial charge is 0.369 e. The maximum absolute atomic E-state index is 4.26. The van der Waals surface area contributed by atoms with Crippen molar-refractivity contribution in [1.82, 2.24) is 15.0 Å². The molecule has 2 heterocycles. The van der Waals surface area contributed by atoms with Gasteiger partial charge in [-0.1, -0.05) is 6.92 Å². The molecule has 0 spiro atoms. The zero-order valence-corrected chi connectivity index (χ0v) is 13.2. The number of nitrogens with zero attached hydrogens (tertiary/aromatic N) is 3. The molecule has 2 aromatic heterocycles. The molecule has 0 unspecified atom stereocenters. The van der Waals surface area contributed by atoms with E-state index in [1.54, 1.807) is 12.5 Å². The van der Waals surface area contributed by atoms with E-state index in [0.717, 1.165) is 34.6 Å². The number of pyridine rings is 1. The lowest BCUT2D eigenvalue weighted by Crippen LogP contribution is -2.08. The molecule has 0 aliphatic rings. The molecule has 2 N–H and O–H groups in total. The van der Waals surface area contributed by atoms with Crippen LogP contribution in [0.15, 0.2) is 29.3 Å². The highest BCUT2D eigenvalue weighted by molar-refractivity contribution is 9.10. The Bertz CT molecular complexity index is 573. The molecular weight excluding hydrogens is 318 g/mol. The van der Waals surface area contributed by atoms with E-state index in [0.29, 0.717) is 6.54 Å². The van der Waals surface area contributed by atoms with Gasteiger partial charge in [-0.05, 0) is 46.5 Å². The highest BCUT2D eigenvalue weighted by Gasteiger charge is 2.08. The number of anilines is 2. The molecule has 0 saturated carbocycles. The van der Waals surface area contributed by atoms with E-state index in [-0.39, 0.29) is 0 Å². The highest BCUT2D eigenvalue weighted by Crippen LogP contribution is 2.26. The first-order valence-electron chi connectivity index (χ1n) is 6.60. The lowest BCUT2D eigenvalue weighted by atomic mass is 10.1. The summed E-state index contributed by atoms with van der Waals surface area (Å²) in [5.41, 5.74) is 2.36. The SMILES string of the molecule is CCCNc1ncnc(NCc2cnccc2C)c1Br. The fraction of sp³-hybridized carbons (Fsp3) is 0.357. The monoisotopic (exact) mass is 335 g/mol. The number of hydrogen-bond acceptors (Lipinski definition) is 5. The number of halogens is 1. The van der Waals surface area contributed by atoms with Crippen molar-refractivity contribution in [3.63, 3.8) is 0 Å². The van der Waals surface area contributed by atoms with Crippen molar-refractivity contribution in [3.8, 4) is 0 Å². The van der Waals surface area contributed by atoms with E-state index in [1.807, 2.05) is 12.3 Å². The maximum atomic E-state index is 4.26. The van der Waals surface area contributed by atoms with E-state index in [9.17, 15) is 0 Å². The molecular formula is C14H18BrN5. The van der Waals surface area contributed by atoms with E-state index in [1.165, 1.54) is 5.56 Å². The summed E-state index contributed by atoms with van der Waals surface area (Å²) in [6.45, 7) is 5.76. The minimum absolute atomic E-state index is 0.683. The van der Waals surface area contributed by atoms with Crippen LogP contribution < -0.4 is 10.6 Å². The van der Waals surface area contributed by atoms with Crippen molar-refractivity contribution >= 4 is 27.6 Å². The summed E-state index contributed by atoms with van der Waals surface area (Å²) in [6.07, 6.45) is 6.27. The molecule has 0 bridgehead atoms. The van der Waals surface area contributed by atoms with Crippen LogP contribution in [-0.2, 0) is 6.54 Å². The zero-order valence-electron chi connectivity index (χ0n) is 11.7. The maximum Gasteiger partial charge on any atom is 0.146 e. The van der Waals surface area contributed by atoms with Crippen LogP contribution in [0.1, 0.15) is 24.5 Å². The van der Waals surface area contributed by atoms with Gasteiger partial charge in [-0.25, -0.2) is 9.97 Å². The fourth-order valence-electron chi connectivity index (χ4n) is 1.72. The molecule has 0 aliphatic carbocycles. The first kappa shape index (κ1) is 14.7. The minimum Gasteiger partial charge on any atom is -0.369 e. The van der Waals surface area contributed by atoms with Gasteiger partial charge in [0.2, 0.25) is 0 Å². The fourth-order valence-corrected chi connectivity index (χ4v) is 2.21. The van der Waals surface area contributed by atoms with Crippen molar-refractivity contribution in [3.05, 3.63) is 40.4 Å². The molecule has 0 saturated heterocycles. The van der Waals surface area contributed by atoms with Crippen LogP contribution >= 0.6 is 15.9 Å². The third-order valence-electron chi connectivity index (χ3n) is 2.93. The van der Waals surface area contributed by atoms with Crippen molar-refractivity contribution in [2.24, 2.45) is 0 Å². The molecule has 0 fully saturated rings. The Balaban J connectivity index is 2.08. The lowest BCUT2D eigenvalue weighted by molar-refractivity contribution is 0.959. The van der Waals surface area contributed by atoms with Gasteiger partial charge in [-0.2, -0.15) is 0 Å². The predicted molar refractivity (Wildman–Crippen MR) is 84.8 cm³/mol. The van der Waals surface area contributed by atoms with Gasteiger partial charge in [0, 0.05) is 25.5 Å². The molecule has 0 radical (unpaired) electrons. The number of rotatable bonds is 6. The van der Waals surface area contributed by atoms with E-state index in [2.05, 4.69) is 55.4 Å². The zero-order chi connectivity index (χ0) is 14.4. The van der Waals surface area contributed by atoms with Gasteiger partial charge in [0.05, 0.1) is 0 Å². The van der Waals surface area contributed by atoms with Crippen molar-refractivity contribution in [2.45, 2.75) is 26.8 Å². The summed E-state index contributed by atoms with van der Waals surface area (Å²) in [4.78, 5) is 12.6. The second-order valence-corrected chi connectivity index (χ2v) is 5.26. The third-order valence-corrected chi connectivity index (χ3v) is 3.68. The predicted octanol–water partition coefficient (Wildman–Crippen LogP) is 3.38. The average molecular weight is 336 g/mol. The van der Waals surface area contributed by atoms with E-state index < -0.39 is 0 Å². The quantitative estimate of drug-likeness (QED) is 0.847. The summed E-state index contributed by atoms with van der Waals surface area (Å²) in [7, 11) is 0. The first-order chi connectivity index (χ1) is 9.72. The summed E-state index contributed by atoms with van der Waals surface area (Å²) >= 11 is 3.54. The topological polar surface area (TPSA) is 62.7 Å². The van der Waals surface area contributed by atoms with E-state index in [4.69, 9.17) is 0 Å². The lowest BCUT2D eigenvalue weighted by Gasteiger charge is -2.12. The Hall–Kier alpha value is -1.69. The first-order valence-corrected chi connectivity index (χ1v) is 7.39. The molecule has 0 aliphatic heterocycles. The van der Waals surface area contributed by atoms with Crippen LogP contribution in [0.25, 0.3) is 0 Å². The molecule has 2 rings (SSSR count). The number of hydrogen-bond donors (Lipinski definition) is 2. The van der Waals surface area contributed by atoms with Crippen LogP contribution in [0.5, 0.6) is 0 Å². The van der Waals surface area contributed by atoms with Crippen molar-refractivity contribution in [1.29, 1.82) is 0 Å². The molecule has 0 aromatic carbocycles. The van der Waals surface area contributed by atoms with Crippen LogP contribution in [-0.4, -0.2) is 21.5 Å². The Morgan fingerprint density at radius 1 is 1.20 bits per heavy atom. The molecule has 6 heteroatoms. The molecule has 20 heavy (non-hydrogen) atoms. The molecule has 0 amide bonds. The number of nitrogens with one attached hydrogen (secondary N) is 2. The van der Waals surface area contributed by atoms with Crippen molar-refractivity contribution < 1.29 is 0 Å². The van der Waals surface area contributed by atoms with Crippen LogP contribution in [0.4, 0.5) is 11.6 Å². The summed E-state index contributed by atoms with van der Waals surface area (Å²) in [5.74, 6) is 1.59. The Kier molecular flexibility index (Phi) is 5.29. The normalized spacial score (nSPS) is 10.3. The average Bonchev–Trinajstić information content (AvgIpc) is 2.46. The standard InChI is InChI=1S/C14H18BrN5/c1-3-5-17-13-12(15)14(20-9-19-13)18-8-11-7-16-6-4-10(11)2/h4,6-7,9H,3,5,8H2,1-2H3,(H2,17,18,19,20). The van der Waals surface area contributed by atoms with Crippen LogP contribution in [0, 0.1) is 6.92 Å². The number of aromatic nitrogens is 3. The molecule has 5 nitrogen and oxygen atoms in total. The second kappa shape index (κ2) is 7.19. The minimum atomic E-state index is 0.683. The Morgan fingerprint density at radius 3 is 2.65 bits per heavy atom. The van der Waals surface area contributed by atoms with Gasteiger partial charge >= 0.3 is 0 Å². The molecule has 2 aromatic rings. The van der Waals surface area contributed by atoms with Gasteiger partial charge in [0.25, 0.3) is 0 Å². The van der Waals surface area contributed by atoms with Crippen LogP contribution in [0.3, 0.4) is 0 Å². The summed E-state index contributed by atoms with van der Waals surface area (Å²) in [5, 5.41) is 6.57.